The number of para-hydroxylation sites is 1. The van der Waals surface area contributed by atoms with Crippen LogP contribution in [0.25, 0.3) is 11.0 Å². The normalized spacial score (nSPS) is 10.9. The van der Waals surface area contributed by atoms with Crippen molar-refractivity contribution >= 4 is 34.2 Å². The molecule has 0 amide bonds. The molecule has 0 saturated heterocycles. The first-order valence-corrected chi connectivity index (χ1v) is 6.88. The van der Waals surface area contributed by atoms with Gasteiger partial charge in [0.15, 0.2) is 0 Å². The molecule has 0 saturated carbocycles. The van der Waals surface area contributed by atoms with Gasteiger partial charge in [-0.25, -0.2) is 4.98 Å². The van der Waals surface area contributed by atoms with Crippen molar-refractivity contribution < 1.29 is 4.74 Å². The summed E-state index contributed by atoms with van der Waals surface area (Å²) in [5.41, 5.74) is 2.76. The molecule has 0 unspecified atom stereocenters. The molecule has 0 spiro atoms. The van der Waals surface area contributed by atoms with Gasteiger partial charge in [-0.3, -0.25) is 0 Å². The monoisotopic (exact) mass is 306 g/mol. The minimum atomic E-state index is 0.509. The number of aromatic nitrogens is 2. The van der Waals surface area contributed by atoms with Gasteiger partial charge >= 0.3 is 0 Å². The van der Waals surface area contributed by atoms with Gasteiger partial charge in [-0.15, -0.1) is 0 Å². The summed E-state index contributed by atoms with van der Waals surface area (Å²) in [4.78, 5) is 7.78. The van der Waals surface area contributed by atoms with E-state index in [4.69, 9.17) is 27.9 Å². The van der Waals surface area contributed by atoms with Crippen LogP contribution < -0.4 is 4.74 Å². The number of nitrogens with zero attached hydrogens (tertiary/aromatic N) is 1. The fourth-order valence-electron chi connectivity index (χ4n) is 2.17. The van der Waals surface area contributed by atoms with Gasteiger partial charge in [0.1, 0.15) is 11.6 Å². The standard InChI is InChI=1S/C15H12Cl2N2O/c1-20-14-5-3-2-4-9(14)6-15-18-12-7-10(16)11(17)8-13(12)19-15/h2-5,7-8H,6H2,1H3,(H,18,19). The zero-order chi connectivity index (χ0) is 14.1. The van der Waals surface area contributed by atoms with Crippen LogP contribution in [-0.2, 0) is 6.42 Å². The van der Waals surface area contributed by atoms with Crippen LogP contribution in [0, 0.1) is 0 Å². The molecule has 3 aromatic rings. The van der Waals surface area contributed by atoms with Gasteiger partial charge in [0, 0.05) is 12.0 Å². The van der Waals surface area contributed by atoms with Crippen molar-refractivity contribution in [3.63, 3.8) is 0 Å². The molecule has 1 aromatic heterocycles. The SMILES string of the molecule is COc1ccccc1Cc1nc2cc(Cl)c(Cl)cc2[nH]1. The second-order valence-electron chi connectivity index (χ2n) is 4.46. The molecule has 0 aliphatic heterocycles. The maximum atomic E-state index is 6.01. The van der Waals surface area contributed by atoms with Crippen molar-refractivity contribution in [1.29, 1.82) is 0 Å². The Hall–Kier alpha value is -1.71. The number of H-pyrrole nitrogens is 1. The molecule has 2 aromatic carbocycles. The molecule has 20 heavy (non-hydrogen) atoms. The molecule has 0 atom stereocenters. The number of hydrogen-bond donors (Lipinski definition) is 1. The number of benzene rings is 2. The first-order chi connectivity index (χ1) is 9.67. The van der Waals surface area contributed by atoms with Crippen LogP contribution >= 0.6 is 23.2 Å². The Bertz CT molecular complexity index is 729. The lowest BCUT2D eigenvalue weighted by molar-refractivity contribution is 0.410. The van der Waals surface area contributed by atoms with Gasteiger partial charge in [0.2, 0.25) is 0 Å². The van der Waals surface area contributed by atoms with E-state index in [9.17, 15) is 0 Å². The summed E-state index contributed by atoms with van der Waals surface area (Å²) in [7, 11) is 1.66. The molecular weight excluding hydrogens is 295 g/mol. The quantitative estimate of drug-likeness (QED) is 0.775. The van der Waals surface area contributed by atoms with Gasteiger partial charge < -0.3 is 9.72 Å². The number of aromatic amines is 1. The van der Waals surface area contributed by atoms with E-state index in [1.165, 1.54) is 0 Å². The van der Waals surface area contributed by atoms with Crippen LogP contribution in [0.3, 0.4) is 0 Å². The molecule has 0 aliphatic carbocycles. The van der Waals surface area contributed by atoms with Crippen molar-refractivity contribution in [2.75, 3.05) is 7.11 Å². The molecule has 102 valence electrons. The fraction of sp³-hybridized carbons (Fsp3) is 0.133. The third kappa shape index (κ3) is 2.47. The second kappa shape index (κ2) is 5.35. The topological polar surface area (TPSA) is 37.9 Å². The number of imidazole rings is 1. The number of ether oxygens (including phenoxy) is 1. The van der Waals surface area contributed by atoms with E-state index in [1.54, 1.807) is 19.2 Å². The van der Waals surface area contributed by atoms with E-state index in [2.05, 4.69) is 9.97 Å². The van der Waals surface area contributed by atoms with Crippen LogP contribution in [0.2, 0.25) is 10.0 Å². The summed E-state index contributed by atoms with van der Waals surface area (Å²) in [5.74, 6) is 1.70. The van der Waals surface area contributed by atoms with E-state index >= 15 is 0 Å². The van der Waals surface area contributed by atoms with Crippen molar-refractivity contribution in [3.05, 3.63) is 57.8 Å². The predicted octanol–water partition coefficient (Wildman–Crippen LogP) is 4.47. The van der Waals surface area contributed by atoms with Gasteiger partial charge in [0.25, 0.3) is 0 Å². The lowest BCUT2D eigenvalue weighted by atomic mass is 10.1. The van der Waals surface area contributed by atoms with Crippen LogP contribution in [0.1, 0.15) is 11.4 Å². The van der Waals surface area contributed by atoms with Crippen molar-refractivity contribution in [1.82, 2.24) is 9.97 Å². The van der Waals surface area contributed by atoms with Gasteiger partial charge in [-0.05, 0) is 18.2 Å². The van der Waals surface area contributed by atoms with Gasteiger partial charge in [-0.1, -0.05) is 41.4 Å². The van der Waals surface area contributed by atoms with Gasteiger partial charge in [0.05, 0.1) is 28.2 Å². The summed E-state index contributed by atoms with van der Waals surface area (Å²) in [6.45, 7) is 0. The molecule has 0 bridgehead atoms. The number of hydrogen-bond acceptors (Lipinski definition) is 2. The van der Waals surface area contributed by atoms with Crippen LogP contribution in [0.15, 0.2) is 36.4 Å². The maximum absolute atomic E-state index is 6.01. The Morgan fingerprint density at radius 1 is 1.15 bits per heavy atom. The molecule has 0 aliphatic rings. The molecular formula is C15H12Cl2N2O. The van der Waals surface area contributed by atoms with E-state index in [0.29, 0.717) is 16.5 Å². The molecule has 1 heterocycles. The van der Waals surface area contributed by atoms with Crippen LogP contribution in [0.4, 0.5) is 0 Å². The first kappa shape index (κ1) is 13.3. The predicted molar refractivity (Wildman–Crippen MR) is 81.9 cm³/mol. The number of fused-ring (bicyclic) bond motifs is 1. The molecule has 0 fully saturated rings. The Morgan fingerprint density at radius 3 is 2.70 bits per heavy atom. The summed E-state index contributed by atoms with van der Waals surface area (Å²) in [6, 6.07) is 11.4. The van der Waals surface area contributed by atoms with E-state index in [1.807, 2.05) is 24.3 Å². The molecule has 3 nitrogen and oxygen atoms in total. The summed E-state index contributed by atoms with van der Waals surface area (Å²) in [6.07, 6.45) is 0.661. The average molecular weight is 307 g/mol. The lowest BCUT2D eigenvalue weighted by Gasteiger charge is -2.05. The number of nitrogens with one attached hydrogen (secondary N) is 1. The highest BCUT2D eigenvalue weighted by Gasteiger charge is 2.09. The Morgan fingerprint density at radius 2 is 1.90 bits per heavy atom. The van der Waals surface area contributed by atoms with Crippen molar-refractivity contribution in [2.24, 2.45) is 0 Å². The van der Waals surface area contributed by atoms with E-state index < -0.39 is 0 Å². The first-order valence-electron chi connectivity index (χ1n) is 6.13. The zero-order valence-electron chi connectivity index (χ0n) is 10.8. The average Bonchev–Trinajstić information content (AvgIpc) is 2.81. The number of methoxy groups -OCH3 is 1. The van der Waals surface area contributed by atoms with E-state index in [0.717, 1.165) is 28.2 Å². The van der Waals surface area contributed by atoms with Gasteiger partial charge in [-0.2, -0.15) is 0 Å². The van der Waals surface area contributed by atoms with Crippen LogP contribution in [-0.4, -0.2) is 17.1 Å². The van der Waals surface area contributed by atoms with Crippen molar-refractivity contribution in [3.8, 4) is 5.75 Å². The smallest absolute Gasteiger partial charge is 0.122 e. The second-order valence-corrected chi connectivity index (χ2v) is 5.27. The third-order valence-corrected chi connectivity index (χ3v) is 3.85. The Labute approximate surface area is 126 Å². The molecule has 3 rings (SSSR count). The highest BCUT2D eigenvalue weighted by Crippen LogP contribution is 2.27. The largest absolute Gasteiger partial charge is 0.496 e. The van der Waals surface area contributed by atoms with Crippen molar-refractivity contribution in [2.45, 2.75) is 6.42 Å². The molecule has 5 heteroatoms. The minimum Gasteiger partial charge on any atom is -0.496 e. The van der Waals surface area contributed by atoms with Crippen LogP contribution in [0.5, 0.6) is 5.75 Å². The molecule has 1 N–H and O–H groups in total. The fourth-order valence-corrected chi connectivity index (χ4v) is 2.49. The summed E-state index contributed by atoms with van der Waals surface area (Å²) in [5, 5.41) is 1.03. The third-order valence-electron chi connectivity index (χ3n) is 3.12. The summed E-state index contributed by atoms with van der Waals surface area (Å²) < 4.78 is 5.35. The maximum Gasteiger partial charge on any atom is 0.122 e. The Balaban J connectivity index is 1.99. The number of rotatable bonds is 3. The highest BCUT2D eigenvalue weighted by atomic mass is 35.5. The highest BCUT2D eigenvalue weighted by molar-refractivity contribution is 6.42. The summed E-state index contributed by atoms with van der Waals surface area (Å²) >= 11 is 12.0. The Kier molecular flexibility index (Phi) is 3.55. The zero-order valence-corrected chi connectivity index (χ0v) is 12.3. The minimum absolute atomic E-state index is 0.509. The molecule has 0 radical (unpaired) electrons. The lowest BCUT2D eigenvalue weighted by Crippen LogP contribution is -1.94. The van der Waals surface area contributed by atoms with E-state index in [-0.39, 0.29) is 0 Å². The number of halogens is 2.